The Kier molecular flexibility index (Phi) is 3.13. The fourth-order valence-corrected chi connectivity index (χ4v) is 3.30. The number of likely N-dealkylation sites (tertiary alicyclic amines) is 1. The van der Waals surface area contributed by atoms with Crippen molar-refractivity contribution in [1.29, 1.82) is 0 Å². The van der Waals surface area contributed by atoms with Gasteiger partial charge in [-0.1, -0.05) is 23.7 Å². The average Bonchev–Trinajstić information content (AvgIpc) is 2.86. The second-order valence-electron chi connectivity index (χ2n) is 6.14. The molecule has 1 saturated carbocycles. The van der Waals surface area contributed by atoms with Crippen LogP contribution in [0.1, 0.15) is 36.3 Å². The van der Waals surface area contributed by atoms with Crippen molar-refractivity contribution in [2.75, 3.05) is 20.1 Å². The van der Waals surface area contributed by atoms with Crippen LogP contribution in [0, 0.1) is 0 Å². The summed E-state index contributed by atoms with van der Waals surface area (Å²) in [7, 11) is 2.17. The highest BCUT2D eigenvalue weighted by atomic mass is 35.5. The topological polar surface area (TPSA) is 29.3 Å². The van der Waals surface area contributed by atoms with Crippen molar-refractivity contribution in [2.45, 2.75) is 37.1 Å². The second-order valence-corrected chi connectivity index (χ2v) is 6.55. The number of benzene rings is 1. The first kappa shape index (κ1) is 12.5. The maximum atomic E-state index is 6.45. The van der Waals surface area contributed by atoms with Crippen LogP contribution in [0.5, 0.6) is 0 Å². The molecular formula is C15H21ClN2. The Labute approximate surface area is 114 Å². The van der Waals surface area contributed by atoms with Crippen molar-refractivity contribution >= 4 is 11.6 Å². The third-order valence-electron chi connectivity index (χ3n) is 4.34. The van der Waals surface area contributed by atoms with Crippen LogP contribution in [0.2, 0.25) is 5.02 Å². The highest BCUT2D eigenvalue weighted by Gasteiger charge is 2.38. The first-order chi connectivity index (χ1) is 8.56. The number of hydrogen-bond donors (Lipinski definition) is 1. The summed E-state index contributed by atoms with van der Waals surface area (Å²) in [6, 6.07) is 6.56. The molecule has 2 aliphatic rings. The van der Waals surface area contributed by atoms with E-state index in [9.17, 15) is 0 Å². The predicted molar refractivity (Wildman–Crippen MR) is 76.2 cm³/mol. The summed E-state index contributed by atoms with van der Waals surface area (Å²) in [6.45, 7) is 2.30. The molecule has 3 rings (SSSR count). The van der Waals surface area contributed by atoms with Gasteiger partial charge in [0.25, 0.3) is 0 Å². The van der Waals surface area contributed by atoms with Gasteiger partial charge in [0.05, 0.1) is 0 Å². The number of nitrogens with two attached hydrogens (primary N) is 1. The van der Waals surface area contributed by atoms with Crippen molar-refractivity contribution < 1.29 is 0 Å². The van der Waals surface area contributed by atoms with Crippen LogP contribution in [-0.4, -0.2) is 30.6 Å². The van der Waals surface area contributed by atoms with E-state index in [-0.39, 0.29) is 5.54 Å². The molecule has 98 valence electrons. The molecule has 1 unspecified atom stereocenters. The third kappa shape index (κ3) is 2.56. The summed E-state index contributed by atoms with van der Waals surface area (Å²) >= 11 is 6.45. The van der Waals surface area contributed by atoms with E-state index in [0.717, 1.165) is 30.8 Å². The van der Waals surface area contributed by atoms with Crippen LogP contribution in [0.15, 0.2) is 18.2 Å². The van der Waals surface area contributed by atoms with E-state index in [1.807, 2.05) is 0 Å². The lowest BCUT2D eigenvalue weighted by atomic mass is 9.95. The molecule has 1 aliphatic carbocycles. The summed E-state index contributed by atoms with van der Waals surface area (Å²) in [5.74, 6) is 0.601. The largest absolute Gasteiger partial charge is 0.325 e. The quantitative estimate of drug-likeness (QED) is 0.910. The molecule has 1 aromatic rings. The standard InChI is InChI=1S/C15H21ClN2/c1-18-7-4-12(10-18)13-3-2-11(8-14(13)16)9-15(17)5-6-15/h2-3,8,12H,4-7,9-10,17H2,1H3. The van der Waals surface area contributed by atoms with E-state index in [2.05, 4.69) is 30.1 Å². The van der Waals surface area contributed by atoms with E-state index < -0.39 is 0 Å². The van der Waals surface area contributed by atoms with Crippen LogP contribution in [-0.2, 0) is 6.42 Å². The zero-order valence-electron chi connectivity index (χ0n) is 11.0. The lowest BCUT2D eigenvalue weighted by molar-refractivity contribution is 0.411. The van der Waals surface area contributed by atoms with Crippen LogP contribution in [0.25, 0.3) is 0 Å². The SMILES string of the molecule is CN1CCC(c2ccc(CC3(N)CC3)cc2Cl)C1. The van der Waals surface area contributed by atoms with Gasteiger partial charge < -0.3 is 10.6 Å². The minimum Gasteiger partial charge on any atom is -0.325 e. The van der Waals surface area contributed by atoms with Crippen LogP contribution >= 0.6 is 11.6 Å². The van der Waals surface area contributed by atoms with Gasteiger partial charge in [0.2, 0.25) is 0 Å². The van der Waals surface area contributed by atoms with Crippen molar-refractivity contribution in [3.8, 4) is 0 Å². The highest BCUT2D eigenvalue weighted by Crippen LogP contribution is 2.37. The molecule has 1 heterocycles. The van der Waals surface area contributed by atoms with Crippen molar-refractivity contribution in [1.82, 2.24) is 4.90 Å². The molecular weight excluding hydrogens is 244 g/mol. The Morgan fingerprint density at radius 3 is 2.78 bits per heavy atom. The van der Waals surface area contributed by atoms with E-state index in [0.29, 0.717) is 5.92 Å². The molecule has 2 N–H and O–H groups in total. The molecule has 1 saturated heterocycles. The zero-order chi connectivity index (χ0) is 12.8. The van der Waals surface area contributed by atoms with Crippen LogP contribution < -0.4 is 5.73 Å². The summed E-state index contributed by atoms with van der Waals surface area (Å²) in [6.07, 6.45) is 4.49. The molecule has 18 heavy (non-hydrogen) atoms. The van der Waals surface area contributed by atoms with E-state index >= 15 is 0 Å². The van der Waals surface area contributed by atoms with E-state index in [1.165, 1.54) is 24.1 Å². The zero-order valence-corrected chi connectivity index (χ0v) is 11.7. The molecule has 1 aromatic carbocycles. The molecule has 1 atom stereocenters. The van der Waals surface area contributed by atoms with Gasteiger partial charge >= 0.3 is 0 Å². The normalized spacial score (nSPS) is 26.5. The first-order valence-electron chi connectivity index (χ1n) is 6.81. The van der Waals surface area contributed by atoms with Crippen molar-refractivity contribution in [2.24, 2.45) is 5.73 Å². The fourth-order valence-electron chi connectivity index (χ4n) is 2.94. The highest BCUT2D eigenvalue weighted by molar-refractivity contribution is 6.31. The monoisotopic (exact) mass is 264 g/mol. The van der Waals surface area contributed by atoms with Gasteiger partial charge in [-0.3, -0.25) is 0 Å². The van der Waals surface area contributed by atoms with Gasteiger partial charge in [-0.2, -0.15) is 0 Å². The molecule has 1 aliphatic heterocycles. The van der Waals surface area contributed by atoms with Crippen molar-refractivity contribution in [3.63, 3.8) is 0 Å². The van der Waals surface area contributed by atoms with Gasteiger partial charge in [-0.25, -0.2) is 0 Å². The number of nitrogens with zero attached hydrogens (tertiary/aromatic N) is 1. The summed E-state index contributed by atoms with van der Waals surface area (Å²) in [5, 5.41) is 0.928. The van der Waals surface area contributed by atoms with Crippen LogP contribution in [0.4, 0.5) is 0 Å². The van der Waals surface area contributed by atoms with Gasteiger partial charge in [0, 0.05) is 17.1 Å². The second kappa shape index (κ2) is 4.52. The molecule has 0 radical (unpaired) electrons. The Balaban J connectivity index is 1.76. The van der Waals surface area contributed by atoms with E-state index in [1.54, 1.807) is 0 Å². The van der Waals surface area contributed by atoms with Crippen molar-refractivity contribution in [3.05, 3.63) is 34.3 Å². The summed E-state index contributed by atoms with van der Waals surface area (Å²) < 4.78 is 0. The lowest BCUT2D eigenvalue weighted by Gasteiger charge is -2.15. The Bertz CT molecular complexity index is 454. The molecule has 0 spiro atoms. The average molecular weight is 265 g/mol. The molecule has 3 heteroatoms. The molecule has 2 nitrogen and oxygen atoms in total. The maximum Gasteiger partial charge on any atom is 0.0444 e. The Hall–Kier alpha value is -0.570. The lowest BCUT2D eigenvalue weighted by Crippen LogP contribution is -2.24. The number of rotatable bonds is 3. The first-order valence-corrected chi connectivity index (χ1v) is 7.19. The minimum absolute atomic E-state index is 0.0679. The number of likely N-dealkylation sites (N-methyl/N-ethyl adjacent to an activating group) is 1. The fraction of sp³-hybridized carbons (Fsp3) is 0.600. The summed E-state index contributed by atoms with van der Waals surface area (Å²) in [4.78, 5) is 2.37. The number of halogens is 1. The van der Waals surface area contributed by atoms with E-state index in [4.69, 9.17) is 17.3 Å². The van der Waals surface area contributed by atoms with Gasteiger partial charge in [-0.15, -0.1) is 0 Å². The summed E-state index contributed by atoms with van der Waals surface area (Å²) in [5.41, 5.74) is 8.82. The predicted octanol–water partition coefficient (Wildman–Crippen LogP) is 2.79. The van der Waals surface area contributed by atoms with Crippen LogP contribution in [0.3, 0.4) is 0 Å². The Morgan fingerprint density at radius 2 is 2.22 bits per heavy atom. The van der Waals surface area contributed by atoms with Gasteiger partial charge in [0.15, 0.2) is 0 Å². The molecule has 0 amide bonds. The number of hydrogen-bond acceptors (Lipinski definition) is 2. The molecule has 0 aromatic heterocycles. The molecule has 0 bridgehead atoms. The third-order valence-corrected chi connectivity index (χ3v) is 4.67. The maximum absolute atomic E-state index is 6.45. The molecule has 2 fully saturated rings. The van der Waals surface area contributed by atoms with Gasteiger partial charge in [-0.05, 0) is 62.4 Å². The van der Waals surface area contributed by atoms with Gasteiger partial charge in [0.1, 0.15) is 0 Å². The minimum atomic E-state index is 0.0679. The smallest absolute Gasteiger partial charge is 0.0444 e. The Morgan fingerprint density at radius 1 is 1.44 bits per heavy atom.